The molecule has 3 N–H and O–H groups in total. The third-order valence-electron chi connectivity index (χ3n) is 3.77. The zero-order chi connectivity index (χ0) is 15.0. The van der Waals surface area contributed by atoms with Gasteiger partial charge in [0.05, 0.1) is 6.04 Å². The second-order valence-corrected chi connectivity index (χ2v) is 5.39. The van der Waals surface area contributed by atoms with E-state index < -0.39 is 6.03 Å². The molecule has 6 heteroatoms. The minimum Gasteiger partial charge on any atom is -0.341 e. The van der Waals surface area contributed by atoms with E-state index in [1.807, 2.05) is 6.92 Å². The van der Waals surface area contributed by atoms with Crippen LogP contribution < -0.4 is 16.0 Å². The maximum absolute atomic E-state index is 12.0. The van der Waals surface area contributed by atoms with E-state index in [-0.39, 0.29) is 11.9 Å². The summed E-state index contributed by atoms with van der Waals surface area (Å²) in [6.07, 6.45) is 4.63. The smallest absolute Gasteiger partial charge is 0.321 e. The lowest BCUT2D eigenvalue weighted by Crippen LogP contribution is -2.53. The Morgan fingerprint density at radius 3 is 2.70 bits per heavy atom. The number of carbonyl (C=O) groups is 2. The molecule has 2 atom stereocenters. The number of nitrogens with one attached hydrogen (secondary N) is 3. The van der Waals surface area contributed by atoms with Gasteiger partial charge in [-0.15, -0.1) is 0 Å². The predicted molar refractivity (Wildman–Crippen MR) is 79.6 cm³/mol. The largest absolute Gasteiger partial charge is 0.341 e. The van der Waals surface area contributed by atoms with Gasteiger partial charge in [0.2, 0.25) is 5.91 Å². The fourth-order valence-electron chi connectivity index (χ4n) is 2.54. The van der Waals surface area contributed by atoms with Crippen molar-refractivity contribution in [3.05, 3.63) is 0 Å². The minimum atomic E-state index is -0.450. The number of rotatable bonds is 6. The zero-order valence-corrected chi connectivity index (χ0v) is 12.9. The van der Waals surface area contributed by atoms with E-state index in [9.17, 15) is 9.59 Å². The number of urea groups is 1. The normalized spacial score (nSPS) is 20.5. The summed E-state index contributed by atoms with van der Waals surface area (Å²) in [5.74, 6) is -0.242. The number of carbonyl (C=O) groups excluding carboxylic acids is 2. The van der Waals surface area contributed by atoms with E-state index >= 15 is 0 Å². The van der Waals surface area contributed by atoms with Crippen LogP contribution in [0.1, 0.15) is 39.5 Å². The Balaban J connectivity index is 2.53. The van der Waals surface area contributed by atoms with Crippen LogP contribution in [0, 0.1) is 0 Å². The molecule has 0 aromatic rings. The van der Waals surface area contributed by atoms with Gasteiger partial charge in [-0.05, 0) is 39.3 Å². The van der Waals surface area contributed by atoms with Crippen LogP contribution >= 0.6 is 0 Å². The number of imide groups is 1. The van der Waals surface area contributed by atoms with Crippen LogP contribution in [0.4, 0.5) is 4.79 Å². The molecule has 0 aromatic carbocycles. The van der Waals surface area contributed by atoms with Gasteiger partial charge in [0.25, 0.3) is 0 Å². The van der Waals surface area contributed by atoms with Crippen LogP contribution in [-0.2, 0) is 4.79 Å². The Bertz CT molecular complexity index is 316. The van der Waals surface area contributed by atoms with Crippen molar-refractivity contribution in [2.45, 2.75) is 51.6 Å². The average Bonchev–Trinajstić information content (AvgIpc) is 2.46. The highest BCUT2D eigenvalue weighted by Gasteiger charge is 2.25. The molecule has 1 heterocycles. The van der Waals surface area contributed by atoms with Crippen LogP contribution in [0.2, 0.25) is 0 Å². The van der Waals surface area contributed by atoms with Gasteiger partial charge in [-0.1, -0.05) is 13.3 Å². The van der Waals surface area contributed by atoms with Crippen molar-refractivity contribution in [3.63, 3.8) is 0 Å². The molecule has 0 aliphatic carbocycles. The quantitative estimate of drug-likeness (QED) is 0.671. The molecular formula is C14H28N4O2. The second kappa shape index (κ2) is 8.92. The molecule has 1 aliphatic rings. The summed E-state index contributed by atoms with van der Waals surface area (Å²) < 4.78 is 0. The second-order valence-electron chi connectivity index (χ2n) is 5.39. The summed E-state index contributed by atoms with van der Waals surface area (Å²) in [6.45, 7) is 6.74. The highest BCUT2D eigenvalue weighted by atomic mass is 16.2. The third kappa shape index (κ3) is 5.46. The molecule has 0 bridgehead atoms. The first-order valence-corrected chi connectivity index (χ1v) is 7.58. The average molecular weight is 284 g/mol. The van der Waals surface area contributed by atoms with Gasteiger partial charge in [0.1, 0.15) is 0 Å². The number of piperidine rings is 1. The highest BCUT2D eigenvalue weighted by molar-refractivity contribution is 5.96. The first-order valence-electron chi connectivity index (χ1n) is 7.58. The lowest BCUT2D eigenvalue weighted by Gasteiger charge is -2.33. The van der Waals surface area contributed by atoms with Crippen molar-refractivity contribution in [3.8, 4) is 0 Å². The Labute approximate surface area is 121 Å². The van der Waals surface area contributed by atoms with Gasteiger partial charge in [-0.25, -0.2) is 4.79 Å². The standard InChI is InChI=1S/C14H28N4O2/c1-4-9-18(10-12-7-5-6-8-16-12)11(2)13(19)17-14(20)15-3/h11-12,16H,4-10H2,1-3H3,(H2,15,17,19,20). The van der Waals surface area contributed by atoms with Crippen LogP contribution in [0.3, 0.4) is 0 Å². The lowest BCUT2D eigenvalue weighted by atomic mass is 10.0. The van der Waals surface area contributed by atoms with Gasteiger partial charge in [-0.3, -0.25) is 15.0 Å². The van der Waals surface area contributed by atoms with Crippen molar-refractivity contribution in [2.75, 3.05) is 26.7 Å². The molecule has 1 rings (SSSR count). The molecule has 3 amide bonds. The molecule has 0 saturated carbocycles. The van der Waals surface area contributed by atoms with Gasteiger partial charge in [-0.2, -0.15) is 0 Å². The van der Waals surface area contributed by atoms with E-state index in [0.29, 0.717) is 6.04 Å². The molecule has 0 spiro atoms. The van der Waals surface area contributed by atoms with Crippen LogP contribution in [0.15, 0.2) is 0 Å². The van der Waals surface area contributed by atoms with Crippen LogP contribution in [0.25, 0.3) is 0 Å². The lowest BCUT2D eigenvalue weighted by molar-refractivity contribution is -0.124. The highest BCUT2D eigenvalue weighted by Crippen LogP contribution is 2.11. The summed E-state index contributed by atoms with van der Waals surface area (Å²) >= 11 is 0. The van der Waals surface area contributed by atoms with Gasteiger partial charge in [0, 0.05) is 19.6 Å². The molecular weight excluding hydrogens is 256 g/mol. The van der Waals surface area contributed by atoms with E-state index in [1.54, 1.807) is 0 Å². The van der Waals surface area contributed by atoms with Crippen molar-refractivity contribution in [1.29, 1.82) is 0 Å². The van der Waals surface area contributed by atoms with Gasteiger partial charge in [0.15, 0.2) is 0 Å². The molecule has 0 aromatic heterocycles. The molecule has 2 unspecified atom stereocenters. The summed E-state index contributed by atoms with van der Waals surface area (Å²) in [5, 5.41) is 8.26. The Kier molecular flexibility index (Phi) is 7.54. The van der Waals surface area contributed by atoms with E-state index in [2.05, 4.69) is 27.8 Å². The van der Waals surface area contributed by atoms with E-state index in [1.165, 1.54) is 19.9 Å². The van der Waals surface area contributed by atoms with Crippen molar-refractivity contribution >= 4 is 11.9 Å². The minimum absolute atomic E-state index is 0.242. The zero-order valence-electron chi connectivity index (χ0n) is 12.9. The number of nitrogens with zero attached hydrogens (tertiary/aromatic N) is 1. The van der Waals surface area contributed by atoms with Gasteiger partial charge >= 0.3 is 6.03 Å². The van der Waals surface area contributed by atoms with Crippen LogP contribution in [0.5, 0.6) is 0 Å². The Morgan fingerprint density at radius 1 is 1.40 bits per heavy atom. The first kappa shape index (κ1) is 16.9. The molecule has 6 nitrogen and oxygen atoms in total. The monoisotopic (exact) mass is 284 g/mol. The maximum atomic E-state index is 12.0. The first-order chi connectivity index (χ1) is 9.58. The fraction of sp³-hybridized carbons (Fsp3) is 0.857. The fourth-order valence-corrected chi connectivity index (χ4v) is 2.54. The maximum Gasteiger partial charge on any atom is 0.321 e. The van der Waals surface area contributed by atoms with E-state index in [4.69, 9.17) is 0 Å². The summed E-state index contributed by atoms with van der Waals surface area (Å²) in [4.78, 5) is 25.4. The van der Waals surface area contributed by atoms with Crippen molar-refractivity contribution in [2.24, 2.45) is 0 Å². The molecule has 0 radical (unpaired) electrons. The van der Waals surface area contributed by atoms with Crippen LogP contribution in [-0.4, -0.2) is 55.6 Å². The molecule has 20 heavy (non-hydrogen) atoms. The third-order valence-corrected chi connectivity index (χ3v) is 3.77. The molecule has 1 fully saturated rings. The molecule has 1 aliphatic heterocycles. The topological polar surface area (TPSA) is 73.5 Å². The summed E-state index contributed by atoms with van der Waals surface area (Å²) in [5.41, 5.74) is 0. The van der Waals surface area contributed by atoms with Crippen molar-refractivity contribution < 1.29 is 9.59 Å². The number of hydrogen-bond donors (Lipinski definition) is 3. The molecule has 1 saturated heterocycles. The van der Waals surface area contributed by atoms with E-state index in [0.717, 1.165) is 32.5 Å². The summed E-state index contributed by atoms with van der Waals surface area (Å²) in [7, 11) is 1.50. The predicted octanol–water partition coefficient (Wildman–Crippen LogP) is 0.685. The van der Waals surface area contributed by atoms with Gasteiger partial charge < -0.3 is 10.6 Å². The molecule has 116 valence electrons. The Morgan fingerprint density at radius 2 is 2.15 bits per heavy atom. The van der Waals surface area contributed by atoms with Crippen molar-refractivity contribution in [1.82, 2.24) is 20.9 Å². The SMILES string of the molecule is CCCN(CC1CCCCN1)C(C)C(=O)NC(=O)NC. The number of amides is 3. The Hall–Kier alpha value is -1.14. The number of hydrogen-bond acceptors (Lipinski definition) is 4. The summed E-state index contributed by atoms with van der Waals surface area (Å²) in [6, 6.07) is -0.296.